The molecule has 0 saturated carbocycles. The highest BCUT2D eigenvalue weighted by Crippen LogP contribution is 2.09. The smallest absolute Gasteiger partial charge is 0.222 e. The predicted molar refractivity (Wildman–Crippen MR) is 58.2 cm³/mol. The van der Waals surface area contributed by atoms with Gasteiger partial charge >= 0.3 is 0 Å². The fourth-order valence-corrected chi connectivity index (χ4v) is 1.67. The molecule has 3 nitrogen and oxygen atoms in total. The quantitative estimate of drug-likeness (QED) is 0.692. The average Bonchev–Trinajstić information content (AvgIpc) is 2.44. The van der Waals surface area contributed by atoms with Gasteiger partial charge in [-0.3, -0.25) is 4.79 Å². The van der Waals surface area contributed by atoms with Crippen LogP contribution in [0.15, 0.2) is 0 Å². The molecule has 0 aromatic carbocycles. The number of hydrogen-bond acceptors (Lipinski definition) is 2. The molecule has 1 aliphatic rings. The minimum absolute atomic E-state index is 0.190. The van der Waals surface area contributed by atoms with Crippen molar-refractivity contribution < 1.29 is 4.79 Å². The summed E-state index contributed by atoms with van der Waals surface area (Å²) in [5.74, 6) is 0.334. The van der Waals surface area contributed by atoms with Crippen molar-refractivity contribution in [1.82, 2.24) is 10.2 Å². The highest BCUT2D eigenvalue weighted by atomic mass is 16.2. The van der Waals surface area contributed by atoms with Crippen LogP contribution in [-0.2, 0) is 4.79 Å². The molecule has 1 saturated heterocycles. The summed E-state index contributed by atoms with van der Waals surface area (Å²) in [5.41, 5.74) is 0.190. The van der Waals surface area contributed by atoms with Gasteiger partial charge in [-0.2, -0.15) is 0 Å². The Morgan fingerprint density at radius 3 is 2.64 bits per heavy atom. The van der Waals surface area contributed by atoms with Gasteiger partial charge in [0.05, 0.1) is 0 Å². The van der Waals surface area contributed by atoms with E-state index in [2.05, 4.69) is 26.1 Å². The molecule has 0 spiro atoms. The summed E-state index contributed by atoms with van der Waals surface area (Å²) in [7, 11) is 0. The van der Waals surface area contributed by atoms with Gasteiger partial charge in [0.1, 0.15) is 0 Å². The number of hydrogen-bond donors (Lipinski definition) is 1. The van der Waals surface area contributed by atoms with E-state index >= 15 is 0 Å². The summed E-state index contributed by atoms with van der Waals surface area (Å²) in [4.78, 5) is 13.2. The fourth-order valence-electron chi connectivity index (χ4n) is 1.67. The van der Waals surface area contributed by atoms with E-state index in [4.69, 9.17) is 0 Å². The van der Waals surface area contributed by atoms with Crippen molar-refractivity contribution in [3.8, 4) is 0 Å². The molecule has 1 N–H and O–H groups in total. The van der Waals surface area contributed by atoms with Crippen molar-refractivity contribution in [2.75, 3.05) is 19.6 Å². The number of likely N-dealkylation sites (tertiary alicyclic amines) is 1. The van der Waals surface area contributed by atoms with Crippen LogP contribution in [-0.4, -0.2) is 36.0 Å². The van der Waals surface area contributed by atoms with Gasteiger partial charge in [-0.1, -0.05) is 0 Å². The number of nitrogens with one attached hydrogen (secondary N) is 1. The van der Waals surface area contributed by atoms with Crippen LogP contribution in [0.2, 0.25) is 0 Å². The third-order valence-electron chi connectivity index (χ3n) is 2.43. The molecule has 0 radical (unpaired) electrons. The van der Waals surface area contributed by atoms with E-state index in [1.165, 1.54) is 0 Å². The van der Waals surface area contributed by atoms with E-state index in [0.717, 1.165) is 38.9 Å². The second-order valence-electron chi connectivity index (χ2n) is 5.01. The van der Waals surface area contributed by atoms with Crippen LogP contribution >= 0.6 is 0 Å². The van der Waals surface area contributed by atoms with E-state index in [0.29, 0.717) is 5.91 Å². The maximum Gasteiger partial charge on any atom is 0.222 e. The van der Waals surface area contributed by atoms with Gasteiger partial charge in [-0.05, 0) is 40.2 Å². The predicted octanol–water partition coefficient (Wildman–Crippen LogP) is 1.39. The lowest BCUT2D eigenvalue weighted by atomic mass is 10.1. The van der Waals surface area contributed by atoms with Crippen LogP contribution in [0, 0.1) is 0 Å². The molecule has 0 unspecified atom stereocenters. The lowest BCUT2D eigenvalue weighted by molar-refractivity contribution is -0.127. The summed E-state index contributed by atoms with van der Waals surface area (Å²) in [6, 6.07) is 0. The maximum atomic E-state index is 11.3. The number of carbonyl (C=O) groups is 1. The van der Waals surface area contributed by atoms with Crippen LogP contribution in [0.1, 0.15) is 40.0 Å². The zero-order chi connectivity index (χ0) is 10.6. The molecule has 82 valence electrons. The third-order valence-corrected chi connectivity index (χ3v) is 2.43. The second kappa shape index (κ2) is 4.78. The van der Waals surface area contributed by atoms with E-state index < -0.39 is 0 Å². The van der Waals surface area contributed by atoms with Crippen molar-refractivity contribution in [2.45, 2.75) is 45.6 Å². The van der Waals surface area contributed by atoms with Gasteiger partial charge in [0.25, 0.3) is 0 Å². The highest BCUT2D eigenvalue weighted by molar-refractivity contribution is 5.77. The first kappa shape index (κ1) is 11.5. The Hall–Kier alpha value is -0.570. The largest absolute Gasteiger partial charge is 0.343 e. The Morgan fingerprint density at radius 2 is 2.14 bits per heavy atom. The van der Waals surface area contributed by atoms with Crippen molar-refractivity contribution >= 4 is 5.91 Å². The fraction of sp³-hybridized carbons (Fsp3) is 0.909. The van der Waals surface area contributed by atoms with Crippen LogP contribution in [0.25, 0.3) is 0 Å². The van der Waals surface area contributed by atoms with Gasteiger partial charge < -0.3 is 10.2 Å². The normalized spacial score (nSPS) is 17.9. The monoisotopic (exact) mass is 198 g/mol. The van der Waals surface area contributed by atoms with E-state index in [1.807, 2.05) is 4.90 Å². The zero-order valence-corrected chi connectivity index (χ0v) is 9.60. The molecule has 1 heterocycles. The SMILES string of the molecule is CC(C)(C)NCCCN1CCCC1=O. The number of rotatable bonds is 4. The van der Waals surface area contributed by atoms with Gasteiger partial charge in [-0.15, -0.1) is 0 Å². The van der Waals surface area contributed by atoms with E-state index in [1.54, 1.807) is 0 Å². The molecule has 1 rings (SSSR count). The van der Waals surface area contributed by atoms with Gasteiger partial charge in [0, 0.05) is 25.0 Å². The molecule has 0 aliphatic carbocycles. The number of nitrogens with zero attached hydrogens (tertiary/aromatic N) is 1. The first-order valence-corrected chi connectivity index (χ1v) is 5.52. The first-order valence-electron chi connectivity index (χ1n) is 5.52. The van der Waals surface area contributed by atoms with Crippen LogP contribution < -0.4 is 5.32 Å². The minimum Gasteiger partial charge on any atom is -0.343 e. The minimum atomic E-state index is 0.190. The average molecular weight is 198 g/mol. The Morgan fingerprint density at radius 1 is 1.43 bits per heavy atom. The first-order chi connectivity index (χ1) is 6.49. The molecule has 1 fully saturated rings. The summed E-state index contributed by atoms with van der Waals surface area (Å²) in [5, 5.41) is 3.42. The Kier molecular flexibility index (Phi) is 3.93. The van der Waals surface area contributed by atoms with E-state index in [-0.39, 0.29) is 5.54 Å². The summed E-state index contributed by atoms with van der Waals surface area (Å²) in [6.07, 6.45) is 2.86. The molecular weight excluding hydrogens is 176 g/mol. The molecule has 0 bridgehead atoms. The van der Waals surface area contributed by atoms with Gasteiger partial charge in [0.15, 0.2) is 0 Å². The Bertz CT molecular complexity index is 196. The maximum absolute atomic E-state index is 11.3. The van der Waals surface area contributed by atoms with E-state index in [9.17, 15) is 4.79 Å². The van der Waals surface area contributed by atoms with Crippen molar-refractivity contribution in [2.24, 2.45) is 0 Å². The molecule has 1 aliphatic heterocycles. The molecule has 0 aromatic heterocycles. The molecule has 14 heavy (non-hydrogen) atoms. The van der Waals surface area contributed by atoms with Crippen molar-refractivity contribution in [3.05, 3.63) is 0 Å². The lowest BCUT2D eigenvalue weighted by Crippen LogP contribution is -2.38. The highest BCUT2D eigenvalue weighted by Gasteiger charge is 2.19. The summed E-state index contributed by atoms with van der Waals surface area (Å²) in [6.45, 7) is 9.36. The number of amides is 1. The molecular formula is C11H22N2O. The van der Waals surface area contributed by atoms with Crippen LogP contribution in [0.5, 0.6) is 0 Å². The molecule has 3 heteroatoms. The van der Waals surface area contributed by atoms with Crippen LogP contribution in [0.4, 0.5) is 0 Å². The molecule has 0 aromatic rings. The summed E-state index contributed by atoms with van der Waals surface area (Å²) >= 11 is 0. The summed E-state index contributed by atoms with van der Waals surface area (Å²) < 4.78 is 0. The topological polar surface area (TPSA) is 32.3 Å². The molecule has 1 amide bonds. The zero-order valence-electron chi connectivity index (χ0n) is 9.60. The Balaban J connectivity index is 2.07. The third kappa shape index (κ3) is 4.09. The van der Waals surface area contributed by atoms with Gasteiger partial charge in [-0.25, -0.2) is 0 Å². The van der Waals surface area contributed by atoms with Crippen molar-refractivity contribution in [3.63, 3.8) is 0 Å². The lowest BCUT2D eigenvalue weighted by Gasteiger charge is -2.22. The van der Waals surface area contributed by atoms with Crippen LogP contribution in [0.3, 0.4) is 0 Å². The number of carbonyl (C=O) groups excluding carboxylic acids is 1. The Labute approximate surface area is 86.9 Å². The molecule has 0 atom stereocenters. The van der Waals surface area contributed by atoms with Crippen molar-refractivity contribution in [1.29, 1.82) is 0 Å². The van der Waals surface area contributed by atoms with Gasteiger partial charge in [0.2, 0.25) is 5.91 Å². The second-order valence-corrected chi connectivity index (χ2v) is 5.01. The standard InChI is InChI=1S/C11H22N2O/c1-11(2,3)12-7-5-9-13-8-4-6-10(13)14/h12H,4-9H2,1-3H3.